The number of aromatic nitrogens is 4. The number of hydrogen-bond donors (Lipinski definition) is 1. The van der Waals surface area contributed by atoms with Crippen LogP contribution in [0.2, 0.25) is 10.0 Å². The van der Waals surface area contributed by atoms with E-state index in [1.807, 2.05) is 6.07 Å². The minimum Gasteiger partial charge on any atom is -0.871 e. The summed E-state index contributed by atoms with van der Waals surface area (Å²) in [6.45, 7) is 0. The molecule has 1 heterocycles. The first-order valence-corrected chi connectivity index (χ1v) is 6.93. The second-order valence-electron chi connectivity index (χ2n) is 4.35. The minimum atomic E-state index is -0.316. The molecular weight excluding hydrogens is 325 g/mol. The van der Waals surface area contributed by atoms with Crippen molar-refractivity contribution < 1.29 is 5.11 Å². The van der Waals surface area contributed by atoms with Crippen molar-refractivity contribution in [2.75, 3.05) is 0 Å². The van der Waals surface area contributed by atoms with E-state index in [1.165, 1.54) is 18.3 Å². The van der Waals surface area contributed by atoms with Crippen LogP contribution in [0.1, 0.15) is 5.56 Å². The van der Waals surface area contributed by atoms with Crippen LogP contribution in [0.3, 0.4) is 0 Å². The lowest BCUT2D eigenvalue weighted by atomic mass is 10.2. The molecule has 2 aromatic carbocycles. The number of rotatable bonds is 3. The Balaban J connectivity index is 1.92. The Labute approximate surface area is 135 Å². The predicted octanol–water partition coefficient (Wildman–Crippen LogP) is 3.00. The van der Waals surface area contributed by atoms with Crippen LogP contribution in [0, 0.1) is 0 Å². The molecule has 1 N–H and O–H groups in total. The molecule has 0 amide bonds. The molecule has 3 rings (SSSR count). The summed E-state index contributed by atoms with van der Waals surface area (Å²) in [5.74, 6) is 0.150. The van der Waals surface area contributed by atoms with E-state index in [0.717, 1.165) is 5.56 Å². The highest BCUT2D eigenvalue weighted by atomic mass is 35.5. The van der Waals surface area contributed by atoms with E-state index in [4.69, 9.17) is 23.2 Å². The molecule has 0 radical (unpaired) electrons. The van der Waals surface area contributed by atoms with Crippen LogP contribution in [0.15, 0.2) is 41.4 Å². The molecule has 0 aliphatic rings. The largest absolute Gasteiger partial charge is 0.871 e. The highest BCUT2D eigenvalue weighted by Gasteiger charge is 2.03. The van der Waals surface area contributed by atoms with E-state index in [1.54, 1.807) is 18.2 Å². The van der Waals surface area contributed by atoms with Gasteiger partial charge in [0.25, 0.3) is 0 Å². The first kappa shape index (κ1) is 14.5. The summed E-state index contributed by atoms with van der Waals surface area (Å²) >= 11 is 11.7. The monoisotopic (exact) mass is 332 g/mol. The Morgan fingerprint density at radius 1 is 1.18 bits per heavy atom. The fourth-order valence-electron chi connectivity index (χ4n) is 1.83. The van der Waals surface area contributed by atoms with Gasteiger partial charge in [-0.25, -0.2) is 0 Å². The molecule has 0 spiro atoms. The van der Waals surface area contributed by atoms with Gasteiger partial charge in [-0.05, 0) is 35.0 Å². The van der Waals surface area contributed by atoms with Gasteiger partial charge in [0.15, 0.2) is 0 Å². The van der Waals surface area contributed by atoms with Crippen molar-refractivity contribution in [2.45, 2.75) is 0 Å². The highest BCUT2D eigenvalue weighted by molar-refractivity contribution is 6.36. The zero-order valence-corrected chi connectivity index (χ0v) is 12.5. The second kappa shape index (κ2) is 6.13. The van der Waals surface area contributed by atoms with Gasteiger partial charge in [-0.3, -0.25) is 4.99 Å². The van der Waals surface area contributed by atoms with Crippen molar-refractivity contribution in [1.29, 1.82) is 0 Å². The van der Waals surface area contributed by atoms with E-state index in [2.05, 4.69) is 25.6 Å². The molecule has 6 nitrogen and oxygen atoms in total. The quantitative estimate of drug-likeness (QED) is 0.746. The number of halogens is 2. The van der Waals surface area contributed by atoms with Gasteiger partial charge in [0.2, 0.25) is 5.82 Å². The number of aromatic amines is 1. The van der Waals surface area contributed by atoms with Crippen LogP contribution in [0.4, 0.5) is 5.69 Å². The molecule has 22 heavy (non-hydrogen) atoms. The Kier molecular flexibility index (Phi) is 4.04. The molecule has 0 fully saturated rings. The molecule has 110 valence electrons. The summed E-state index contributed by atoms with van der Waals surface area (Å²) in [6, 6.07) is 10.1. The number of benzene rings is 2. The molecule has 0 bridgehead atoms. The van der Waals surface area contributed by atoms with Crippen LogP contribution in [-0.2, 0) is 0 Å². The smallest absolute Gasteiger partial charge is 0.204 e. The highest BCUT2D eigenvalue weighted by Crippen LogP contribution is 2.28. The third-order valence-corrected chi connectivity index (χ3v) is 3.34. The van der Waals surface area contributed by atoms with Gasteiger partial charge in [0.05, 0.1) is 5.69 Å². The van der Waals surface area contributed by atoms with Gasteiger partial charge in [-0.2, -0.15) is 5.21 Å². The van der Waals surface area contributed by atoms with Gasteiger partial charge in [0, 0.05) is 21.8 Å². The van der Waals surface area contributed by atoms with Gasteiger partial charge in [-0.15, -0.1) is 10.2 Å². The van der Waals surface area contributed by atoms with Gasteiger partial charge < -0.3 is 5.11 Å². The lowest BCUT2D eigenvalue weighted by Crippen LogP contribution is -1.97. The number of hydrogen-bond acceptors (Lipinski definition) is 5. The summed E-state index contributed by atoms with van der Waals surface area (Å²) in [5, 5.41) is 26.0. The summed E-state index contributed by atoms with van der Waals surface area (Å²) in [5.41, 5.74) is 1.72. The van der Waals surface area contributed by atoms with Gasteiger partial charge in [0.1, 0.15) is 0 Å². The lowest BCUT2D eigenvalue weighted by Gasteiger charge is -2.12. The Morgan fingerprint density at radius 2 is 2.05 bits per heavy atom. The summed E-state index contributed by atoms with van der Waals surface area (Å²) < 4.78 is 0. The zero-order valence-electron chi connectivity index (χ0n) is 11.0. The molecule has 0 saturated heterocycles. The standard InChI is InChI=1S/C14H9Cl2N5O/c15-10-4-9(13(22)12(16)6-10)7-17-11-3-1-2-8(5-11)14-18-20-21-19-14/h1-7,22H,(H,18,19,20,21)/p-1. The van der Waals surface area contributed by atoms with Crippen molar-refractivity contribution in [3.8, 4) is 17.1 Å². The minimum absolute atomic E-state index is 0.0643. The van der Waals surface area contributed by atoms with E-state index >= 15 is 0 Å². The molecule has 8 heteroatoms. The molecule has 3 aromatic rings. The van der Waals surface area contributed by atoms with Crippen molar-refractivity contribution in [2.24, 2.45) is 4.99 Å². The average molecular weight is 333 g/mol. The van der Waals surface area contributed by atoms with E-state index in [0.29, 0.717) is 22.1 Å². The molecular formula is C14H8Cl2N5O-. The van der Waals surface area contributed by atoms with Gasteiger partial charge in [-0.1, -0.05) is 41.1 Å². The maximum Gasteiger partial charge on any atom is 0.204 e. The number of aliphatic imine (C=N–C) groups is 1. The van der Waals surface area contributed by atoms with Gasteiger partial charge >= 0.3 is 0 Å². The first-order chi connectivity index (χ1) is 10.6. The third kappa shape index (κ3) is 3.08. The topological polar surface area (TPSA) is 89.9 Å². The molecule has 0 aliphatic heterocycles. The van der Waals surface area contributed by atoms with Crippen LogP contribution < -0.4 is 5.11 Å². The van der Waals surface area contributed by atoms with Crippen molar-refractivity contribution in [3.63, 3.8) is 0 Å². The Hall–Kier alpha value is -2.44. The number of tetrazole rings is 1. The zero-order chi connectivity index (χ0) is 15.5. The second-order valence-corrected chi connectivity index (χ2v) is 5.19. The summed E-state index contributed by atoms with van der Waals surface area (Å²) in [6.07, 6.45) is 1.43. The molecule has 0 unspecified atom stereocenters. The number of nitrogens with zero attached hydrogens (tertiary/aromatic N) is 4. The van der Waals surface area contributed by atoms with E-state index in [-0.39, 0.29) is 10.8 Å². The summed E-state index contributed by atoms with van der Waals surface area (Å²) in [7, 11) is 0. The normalized spacial score (nSPS) is 11.2. The number of nitrogens with one attached hydrogen (secondary N) is 1. The van der Waals surface area contributed by atoms with E-state index in [9.17, 15) is 5.11 Å². The Bertz CT molecular complexity index is 833. The van der Waals surface area contributed by atoms with Crippen LogP contribution in [-0.4, -0.2) is 26.8 Å². The Morgan fingerprint density at radius 3 is 2.82 bits per heavy atom. The maximum absolute atomic E-state index is 11.9. The SMILES string of the molecule is [O-]c1c(Cl)cc(Cl)cc1C=Nc1cccc(-c2nn[nH]n2)c1. The van der Waals surface area contributed by atoms with Crippen molar-refractivity contribution in [1.82, 2.24) is 20.6 Å². The van der Waals surface area contributed by atoms with Crippen LogP contribution in [0.5, 0.6) is 5.75 Å². The fraction of sp³-hybridized carbons (Fsp3) is 0. The maximum atomic E-state index is 11.9. The van der Waals surface area contributed by atoms with Crippen LogP contribution in [0.25, 0.3) is 11.4 Å². The fourth-order valence-corrected chi connectivity index (χ4v) is 2.34. The first-order valence-electron chi connectivity index (χ1n) is 6.17. The molecule has 0 aliphatic carbocycles. The molecule has 0 atom stereocenters. The average Bonchev–Trinajstić information content (AvgIpc) is 3.04. The number of H-pyrrole nitrogens is 1. The summed E-state index contributed by atoms with van der Waals surface area (Å²) in [4.78, 5) is 4.26. The van der Waals surface area contributed by atoms with Crippen molar-refractivity contribution in [3.05, 3.63) is 52.0 Å². The molecule has 0 saturated carbocycles. The van der Waals surface area contributed by atoms with Crippen LogP contribution >= 0.6 is 23.2 Å². The predicted molar refractivity (Wildman–Crippen MR) is 82.8 cm³/mol. The molecule has 1 aromatic heterocycles. The van der Waals surface area contributed by atoms with Crippen molar-refractivity contribution >= 4 is 35.1 Å². The van der Waals surface area contributed by atoms with E-state index < -0.39 is 0 Å². The lowest BCUT2D eigenvalue weighted by molar-refractivity contribution is -0.268. The third-order valence-electron chi connectivity index (χ3n) is 2.84.